The summed E-state index contributed by atoms with van der Waals surface area (Å²) in [6, 6.07) is 0. The molecule has 0 saturated carbocycles. The van der Waals surface area contributed by atoms with E-state index in [-0.39, 0.29) is 18.6 Å². The first-order valence-electron chi connectivity index (χ1n) is 21.3. The molecule has 0 aromatic carbocycles. The molecule has 0 bridgehead atoms. The highest BCUT2D eigenvalue weighted by atomic mass is 31.2. The minimum atomic E-state index is -4.87. The molecule has 0 aliphatic carbocycles. The van der Waals surface area contributed by atoms with Gasteiger partial charge < -0.3 is 29.3 Å². The molecule has 0 saturated heterocycles. The van der Waals surface area contributed by atoms with Gasteiger partial charge in [-0.1, -0.05) is 142 Å². The SMILES string of the molecule is CCCCCC(=O)/C=C/C=C\CCCCCCCC(=O)OC[C@H](COP(=O)(O)OC[C@@H](O)COP(=O)(O)O)OC(=O)CCCCCCCCCCCCCC(C)C. The molecule has 0 spiro atoms. The molecular weight excluding hydrogens is 778 g/mol. The number of hydrogen-bond acceptors (Lipinski definition) is 11. The van der Waals surface area contributed by atoms with Gasteiger partial charge in [-0.15, -0.1) is 0 Å². The number of rotatable bonds is 40. The normalized spacial score (nSPS) is 14.3. The van der Waals surface area contributed by atoms with E-state index in [0.29, 0.717) is 19.3 Å². The van der Waals surface area contributed by atoms with Crippen LogP contribution in [0.25, 0.3) is 0 Å². The number of allylic oxidation sites excluding steroid dienone is 4. The van der Waals surface area contributed by atoms with Crippen molar-refractivity contribution < 1.29 is 66.3 Å². The molecule has 0 aliphatic rings. The Labute approximate surface area is 342 Å². The number of phosphoric ester groups is 2. The molecule has 0 rings (SSSR count). The zero-order valence-corrected chi connectivity index (χ0v) is 36.9. The van der Waals surface area contributed by atoms with Gasteiger partial charge in [-0.05, 0) is 44.1 Å². The molecule has 0 aliphatic heterocycles. The van der Waals surface area contributed by atoms with Crippen molar-refractivity contribution in [3.8, 4) is 0 Å². The van der Waals surface area contributed by atoms with E-state index in [1.54, 1.807) is 12.2 Å². The van der Waals surface area contributed by atoms with Crippen molar-refractivity contribution in [3.05, 3.63) is 24.3 Å². The third-order valence-corrected chi connectivity index (χ3v) is 10.4. The van der Waals surface area contributed by atoms with Crippen molar-refractivity contribution in [1.29, 1.82) is 0 Å². The van der Waals surface area contributed by atoms with Crippen molar-refractivity contribution in [1.82, 2.24) is 0 Å². The fourth-order valence-electron chi connectivity index (χ4n) is 5.69. The van der Waals surface area contributed by atoms with E-state index in [1.165, 1.54) is 44.9 Å². The lowest BCUT2D eigenvalue weighted by molar-refractivity contribution is -0.161. The molecule has 1 unspecified atom stereocenters. The van der Waals surface area contributed by atoms with Crippen LogP contribution in [-0.2, 0) is 46.6 Å². The van der Waals surface area contributed by atoms with Crippen LogP contribution in [-0.4, -0.2) is 76.1 Å². The first-order valence-corrected chi connectivity index (χ1v) is 24.4. The van der Waals surface area contributed by atoms with Crippen LogP contribution in [0.3, 0.4) is 0 Å². The summed E-state index contributed by atoms with van der Waals surface area (Å²) >= 11 is 0. The highest BCUT2D eigenvalue weighted by molar-refractivity contribution is 7.47. The predicted octanol–water partition coefficient (Wildman–Crippen LogP) is 9.77. The van der Waals surface area contributed by atoms with Gasteiger partial charge in [0.25, 0.3) is 0 Å². The quantitative estimate of drug-likeness (QED) is 0.0149. The molecule has 0 fully saturated rings. The zero-order valence-electron chi connectivity index (χ0n) is 35.1. The topological polar surface area (TPSA) is 212 Å². The van der Waals surface area contributed by atoms with Gasteiger partial charge >= 0.3 is 27.6 Å². The lowest BCUT2D eigenvalue weighted by atomic mass is 10.0. The molecule has 57 heavy (non-hydrogen) atoms. The van der Waals surface area contributed by atoms with Crippen LogP contribution in [0.15, 0.2) is 24.3 Å². The van der Waals surface area contributed by atoms with Crippen LogP contribution in [0.1, 0.15) is 175 Å². The Morgan fingerprint density at radius 2 is 1.11 bits per heavy atom. The van der Waals surface area contributed by atoms with Crippen LogP contribution >= 0.6 is 15.6 Å². The van der Waals surface area contributed by atoms with Gasteiger partial charge in [0.1, 0.15) is 12.7 Å². The lowest BCUT2D eigenvalue weighted by Crippen LogP contribution is -2.30. The molecule has 0 aromatic heterocycles. The number of ketones is 1. The van der Waals surface area contributed by atoms with Gasteiger partial charge in [-0.2, -0.15) is 0 Å². The van der Waals surface area contributed by atoms with Crippen LogP contribution in [0, 0.1) is 5.92 Å². The molecule has 0 heterocycles. The second kappa shape index (κ2) is 36.1. The monoisotopic (exact) mass is 854 g/mol. The highest BCUT2D eigenvalue weighted by Crippen LogP contribution is 2.43. The van der Waals surface area contributed by atoms with Crippen LogP contribution in [0.4, 0.5) is 0 Å². The molecule has 16 heteroatoms. The van der Waals surface area contributed by atoms with E-state index in [0.717, 1.165) is 83.0 Å². The maximum atomic E-state index is 12.6. The number of unbranched alkanes of at least 4 members (excludes halogenated alkanes) is 17. The molecule has 334 valence electrons. The minimum Gasteiger partial charge on any atom is -0.462 e. The summed E-state index contributed by atoms with van der Waals surface area (Å²) in [7, 11) is -9.69. The number of carbonyl (C=O) groups excluding carboxylic acids is 3. The third-order valence-electron chi connectivity index (χ3n) is 8.99. The molecule has 3 atom stereocenters. The second-order valence-corrected chi connectivity index (χ2v) is 17.8. The van der Waals surface area contributed by atoms with Crippen molar-refractivity contribution in [2.24, 2.45) is 5.92 Å². The van der Waals surface area contributed by atoms with Gasteiger partial charge in [-0.3, -0.25) is 28.0 Å². The first-order chi connectivity index (χ1) is 27.1. The van der Waals surface area contributed by atoms with Crippen LogP contribution in [0.5, 0.6) is 0 Å². The Kier molecular flexibility index (Phi) is 35.1. The standard InChI is InChI=1S/C41H76O14P2/c1-4-5-22-28-37(42)29-24-19-15-11-9-13-16-20-25-30-40(44)51-34-39(35-54-57(49,50)53-33-38(43)32-52-56(46,47)48)55-41(45)31-26-21-17-12-8-6-7-10-14-18-23-27-36(2)3/h15,19,24,29,36,38-39,43H,4-14,16-18,20-23,25-28,30-35H2,1-3H3,(H,49,50)(H2,46,47,48)/b19-15-,29-24+/t38-,39+/m0/s1. The second-order valence-electron chi connectivity index (χ2n) is 15.1. The zero-order chi connectivity index (χ0) is 42.6. The number of phosphoric acid groups is 2. The Bertz CT molecular complexity index is 1190. The average molecular weight is 855 g/mol. The Hall–Kier alpha value is -1.73. The van der Waals surface area contributed by atoms with E-state index >= 15 is 0 Å². The molecule has 4 N–H and O–H groups in total. The maximum Gasteiger partial charge on any atom is 0.472 e. The number of aliphatic hydroxyl groups is 1. The number of ether oxygens (including phenoxy) is 2. The largest absolute Gasteiger partial charge is 0.472 e. The van der Waals surface area contributed by atoms with Gasteiger partial charge in [-0.25, -0.2) is 9.13 Å². The number of esters is 2. The summed E-state index contributed by atoms with van der Waals surface area (Å²) in [5.74, 6) is -0.162. The molecule has 14 nitrogen and oxygen atoms in total. The van der Waals surface area contributed by atoms with Crippen molar-refractivity contribution in [3.63, 3.8) is 0 Å². The summed E-state index contributed by atoms with van der Waals surface area (Å²) in [5.41, 5.74) is 0. The summed E-state index contributed by atoms with van der Waals surface area (Å²) < 4.78 is 47.7. The van der Waals surface area contributed by atoms with E-state index in [2.05, 4.69) is 29.8 Å². The van der Waals surface area contributed by atoms with E-state index in [1.807, 2.05) is 12.2 Å². The number of aliphatic hydroxyl groups excluding tert-OH is 1. The van der Waals surface area contributed by atoms with E-state index < -0.39 is 66.2 Å². The summed E-state index contributed by atoms with van der Waals surface area (Å²) in [5, 5.41) is 9.73. The summed E-state index contributed by atoms with van der Waals surface area (Å²) in [6.07, 6.45) is 27.3. The van der Waals surface area contributed by atoms with E-state index in [4.69, 9.17) is 23.8 Å². The Morgan fingerprint density at radius 1 is 0.596 bits per heavy atom. The predicted molar refractivity (Wildman–Crippen MR) is 221 cm³/mol. The van der Waals surface area contributed by atoms with Gasteiger partial charge in [0.2, 0.25) is 0 Å². The number of carbonyl (C=O) groups is 3. The van der Waals surface area contributed by atoms with E-state index in [9.17, 15) is 33.5 Å². The highest BCUT2D eigenvalue weighted by Gasteiger charge is 2.28. The third kappa shape index (κ3) is 40.8. The number of hydrogen-bond donors (Lipinski definition) is 4. The fraction of sp³-hybridized carbons (Fsp3) is 0.829. The minimum absolute atomic E-state index is 0.116. The van der Waals surface area contributed by atoms with Crippen LogP contribution in [0.2, 0.25) is 0 Å². The van der Waals surface area contributed by atoms with Gasteiger partial charge in [0.05, 0.1) is 19.8 Å². The van der Waals surface area contributed by atoms with Crippen molar-refractivity contribution in [2.45, 2.75) is 187 Å². The Morgan fingerprint density at radius 3 is 1.68 bits per heavy atom. The smallest absolute Gasteiger partial charge is 0.462 e. The molecular formula is C41H76O14P2. The maximum absolute atomic E-state index is 12.6. The molecule has 0 radical (unpaired) electrons. The van der Waals surface area contributed by atoms with Crippen LogP contribution < -0.4 is 0 Å². The summed E-state index contributed by atoms with van der Waals surface area (Å²) in [4.78, 5) is 64.4. The molecule has 0 aromatic rings. The van der Waals surface area contributed by atoms with Gasteiger partial charge in [0, 0.05) is 19.3 Å². The Balaban J connectivity index is 4.58. The van der Waals surface area contributed by atoms with Gasteiger partial charge in [0.15, 0.2) is 11.9 Å². The lowest BCUT2D eigenvalue weighted by Gasteiger charge is -2.20. The average Bonchev–Trinajstić information content (AvgIpc) is 3.14. The van der Waals surface area contributed by atoms with Crippen molar-refractivity contribution >= 4 is 33.4 Å². The van der Waals surface area contributed by atoms with Crippen molar-refractivity contribution in [2.75, 3.05) is 26.4 Å². The summed E-state index contributed by atoms with van der Waals surface area (Å²) in [6.45, 7) is 3.86. The molecule has 0 amide bonds. The first kappa shape index (κ1) is 55.3. The fourth-order valence-corrected chi connectivity index (χ4v) is 6.85.